The minimum atomic E-state index is -0.781. The van der Waals surface area contributed by atoms with Gasteiger partial charge in [0.05, 0.1) is 19.3 Å². The molecule has 1 fully saturated rings. The summed E-state index contributed by atoms with van der Waals surface area (Å²) < 4.78 is 16.1. The lowest BCUT2D eigenvalue weighted by molar-refractivity contribution is 0.0154. The van der Waals surface area contributed by atoms with Crippen molar-refractivity contribution in [2.45, 2.75) is 70.6 Å². The number of methoxy groups -OCH3 is 1. The van der Waals surface area contributed by atoms with Gasteiger partial charge in [0.2, 0.25) is 5.88 Å². The zero-order valence-electron chi connectivity index (χ0n) is 20.9. The molecular weight excluding hydrogens is 464 g/mol. The van der Waals surface area contributed by atoms with E-state index in [0.717, 1.165) is 41.6 Å². The maximum Gasteiger partial charge on any atom is 0.428 e. The molecule has 2 aliphatic heterocycles. The summed E-state index contributed by atoms with van der Waals surface area (Å²) in [5, 5.41) is 11.5. The van der Waals surface area contributed by atoms with Gasteiger partial charge in [0.25, 0.3) is 0 Å². The molecule has 11 nitrogen and oxygen atoms in total. The van der Waals surface area contributed by atoms with E-state index in [1.165, 1.54) is 0 Å². The fourth-order valence-electron chi connectivity index (χ4n) is 5.54. The zero-order valence-corrected chi connectivity index (χ0v) is 20.9. The van der Waals surface area contributed by atoms with Crippen molar-refractivity contribution >= 4 is 17.8 Å². The first-order valence-electron chi connectivity index (χ1n) is 12.4. The van der Waals surface area contributed by atoms with Crippen LogP contribution in [0.1, 0.15) is 61.4 Å². The van der Waals surface area contributed by atoms with Crippen LogP contribution in [-0.2, 0) is 17.7 Å². The molecule has 0 bridgehead atoms. The molecule has 1 saturated carbocycles. The number of hydrazone groups is 1. The summed E-state index contributed by atoms with van der Waals surface area (Å²) in [6, 6.07) is 1.81. The molecule has 0 saturated heterocycles. The van der Waals surface area contributed by atoms with Crippen molar-refractivity contribution in [1.82, 2.24) is 25.8 Å². The quantitative estimate of drug-likeness (QED) is 0.649. The molecular formula is C25H32N6O5. The standard InChI is InChI=1S/C25H32N6O5/c1-15-10-21(34-3)26-12-19(15)22-25(36-24(33)29-28-22)7-4-17(5-8-25)11-16(2)27-23(32)31-9-6-20-18(13-31)14-35-30-20/h10,12,14,16-17H,4-9,11,13H2,1-3H3,(H,27,32)(H,29,33)/t16-,17?,25?/m0/s1. The second-order valence-electron chi connectivity index (χ2n) is 9.99. The highest BCUT2D eigenvalue weighted by molar-refractivity contribution is 6.09. The van der Waals surface area contributed by atoms with Crippen LogP contribution in [0.4, 0.5) is 9.59 Å². The van der Waals surface area contributed by atoms with Crippen molar-refractivity contribution < 1.29 is 23.6 Å². The van der Waals surface area contributed by atoms with Crippen LogP contribution in [0.25, 0.3) is 0 Å². The number of nitrogens with one attached hydrogen (secondary N) is 2. The molecule has 1 spiro atoms. The highest BCUT2D eigenvalue weighted by Crippen LogP contribution is 2.41. The van der Waals surface area contributed by atoms with E-state index in [2.05, 4.69) is 26.0 Å². The van der Waals surface area contributed by atoms with Gasteiger partial charge in [-0.15, -0.1) is 0 Å². The second-order valence-corrected chi connectivity index (χ2v) is 9.99. The molecule has 2 aromatic heterocycles. The SMILES string of the molecule is COc1cc(C)c(C2=NNC(=O)OC23CCC(C[C@H](C)NC(=O)N2CCc4nocc4C2)CC3)cn1. The minimum absolute atomic E-state index is 0.0252. The first-order valence-corrected chi connectivity index (χ1v) is 12.4. The molecule has 36 heavy (non-hydrogen) atoms. The smallest absolute Gasteiger partial charge is 0.428 e. The van der Waals surface area contributed by atoms with Gasteiger partial charge in [0.15, 0.2) is 5.60 Å². The van der Waals surface area contributed by atoms with E-state index in [0.29, 0.717) is 49.9 Å². The summed E-state index contributed by atoms with van der Waals surface area (Å²) in [6.45, 7) is 5.16. The molecule has 0 radical (unpaired) electrons. The summed E-state index contributed by atoms with van der Waals surface area (Å²) in [5.74, 6) is 0.930. The Hall–Kier alpha value is -3.63. The van der Waals surface area contributed by atoms with Crippen molar-refractivity contribution in [3.05, 3.63) is 40.9 Å². The molecule has 5 rings (SSSR count). The number of amides is 3. The number of carbonyl (C=O) groups excluding carboxylic acids is 2. The molecule has 2 N–H and O–H groups in total. The summed E-state index contributed by atoms with van der Waals surface area (Å²) in [7, 11) is 1.58. The van der Waals surface area contributed by atoms with E-state index in [1.807, 2.05) is 19.9 Å². The highest BCUT2D eigenvalue weighted by Gasteiger charge is 2.47. The Morgan fingerprint density at radius 3 is 2.94 bits per heavy atom. The van der Waals surface area contributed by atoms with Gasteiger partial charge < -0.3 is 24.2 Å². The van der Waals surface area contributed by atoms with Gasteiger partial charge in [0.1, 0.15) is 12.0 Å². The molecule has 4 heterocycles. The Morgan fingerprint density at radius 2 is 2.19 bits per heavy atom. The van der Waals surface area contributed by atoms with Crippen LogP contribution in [-0.4, -0.2) is 58.2 Å². The maximum atomic E-state index is 12.8. The van der Waals surface area contributed by atoms with Crippen LogP contribution in [0.2, 0.25) is 0 Å². The largest absolute Gasteiger partial charge is 0.481 e. The van der Waals surface area contributed by atoms with Crippen LogP contribution in [0, 0.1) is 12.8 Å². The normalized spacial score (nSPS) is 24.3. The van der Waals surface area contributed by atoms with Crippen molar-refractivity contribution in [3.63, 3.8) is 0 Å². The number of rotatable bonds is 5. The number of aryl methyl sites for hydroxylation is 1. The number of aromatic nitrogens is 2. The van der Waals surface area contributed by atoms with Gasteiger partial charge in [-0.1, -0.05) is 5.16 Å². The third kappa shape index (κ3) is 4.74. The molecule has 192 valence electrons. The monoisotopic (exact) mass is 496 g/mol. The van der Waals surface area contributed by atoms with Crippen LogP contribution >= 0.6 is 0 Å². The average molecular weight is 497 g/mol. The Kier molecular flexibility index (Phi) is 6.55. The number of fused-ring (bicyclic) bond motifs is 1. The van der Waals surface area contributed by atoms with Gasteiger partial charge in [-0.3, -0.25) is 0 Å². The van der Waals surface area contributed by atoms with E-state index in [4.69, 9.17) is 14.0 Å². The van der Waals surface area contributed by atoms with Crippen LogP contribution in [0.15, 0.2) is 28.2 Å². The number of ether oxygens (including phenoxy) is 2. The molecule has 11 heteroatoms. The van der Waals surface area contributed by atoms with Crippen molar-refractivity contribution in [3.8, 4) is 5.88 Å². The predicted octanol–water partition coefficient (Wildman–Crippen LogP) is 3.31. The molecule has 1 aliphatic carbocycles. The maximum absolute atomic E-state index is 12.8. The average Bonchev–Trinajstić information content (AvgIpc) is 3.34. The Balaban J connectivity index is 1.19. The van der Waals surface area contributed by atoms with Gasteiger partial charge in [-0.05, 0) is 57.4 Å². The van der Waals surface area contributed by atoms with Gasteiger partial charge in [-0.2, -0.15) is 5.10 Å². The van der Waals surface area contributed by atoms with E-state index in [9.17, 15) is 9.59 Å². The molecule has 3 aliphatic rings. The van der Waals surface area contributed by atoms with Crippen LogP contribution < -0.4 is 15.5 Å². The van der Waals surface area contributed by atoms with E-state index in [-0.39, 0.29) is 12.1 Å². The lowest BCUT2D eigenvalue weighted by Gasteiger charge is -2.42. The minimum Gasteiger partial charge on any atom is -0.481 e. The summed E-state index contributed by atoms with van der Waals surface area (Å²) in [6.07, 6.45) is 7.43. The first kappa shape index (κ1) is 24.1. The zero-order chi connectivity index (χ0) is 25.3. The molecule has 0 unspecified atom stereocenters. The van der Waals surface area contributed by atoms with Gasteiger partial charge in [0, 0.05) is 42.4 Å². The summed E-state index contributed by atoms with van der Waals surface area (Å²) >= 11 is 0. The number of nitrogens with zero attached hydrogens (tertiary/aromatic N) is 4. The Morgan fingerprint density at radius 1 is 1.39 bits per heavy atom. The molecule has 3 amide bonds. The highest BCUT2D eigenvalue weighted by atomic mass is 16.6. The third-order valence-corrected chi connectivity index (χ3v) is 7.49. The predicted molar refractivity (Wildman–Crippen MR) is 130 cm³/mol. The fraction of sp³-hybridized carbons (Fsp3) is 0.560. The lowest BCUT2D eigenvalue weighted by Crippen LogP contribution is -2.53. The molecule has 2 aromatic rings. The number of hydrogen-bond donors (Lipinski definition) is 2. The first-order chi connectivity index (χ1) is 17.4. The van der Waals surface area contributed by atoms with Crippen molar-refractivity contribution in [2.75, 3.05) is 13.7 Å². The van der Waals surface area contributed by atoms with E-state index < -0.39 is 11.7 Å². The van der Waals surface area contributed by atoms with Crippen LogP contribution in [0.3, 0.4) is 0 Å². The van der Waals surface area contributed by atoms with Crippen molar-refractivity contribution in [1.29, 1.82) is 0 Å². The van der Waals surface area contributed by atoms with E-state index >= 15 is 0 Å². The summed E-state index contributed by atoms with van der Waals surface area (Å²) in [5.41, 5.74) is 6.08. The Labute approximate surface area is 209 Å². The van der Waals surface area contributed by atoms with Gasteiger partial charge >= 0.3 is 12.1 Å². The Bertz CT molecular complexity index is 1170. The lowest BCUT2D eigenvalue weighted by atomic mass is 9.72. The topological polar surface area (TPSA) is 131 Å². The van der Waals surface area contributed by atoms with E-state index in [1.54, 1.807) is 24.5 Å². The third-order valence-electron chi connectivity index (χ3n) is 7.49. The number of carbonyl (C=O) groups is 2. The van der Waals surface area contributed by atoms with Gasteiger partial charge in [-0.25, -0.2) is 20.0 Å². The fourth-order valence-corrected chi connectivity index (χ4v) is 5.54. The molecule has 0 aromatic carbocycles. The summed E-state index contributed by atoms with van der Waals surface area (Å²) in [4.78, 5) is 31.1. The van der Waals surface area contributed by atoms with Crippen LogP contribution in [0.5, 0.6) is 5.88 Å². The van der Waals surface area contributed by atoms with Crippen molar-refractivity contribution in [2.24, 2.45) is 11.0 Å². The number of pyridine rings is 1. The number of urea groups is 1. The number of hydrogen-bond acceptors (Lipinski definition) is 8. The second kappa shape index (κ2) is 9.79. The molecule has 1 atom stereocenters.